The molecular weight excluding hydrogens is 291 g/mol. The van der Waals surface area contributed by atoms with Crippen LogP contribution < -0.4 is 15.8 Å². The van der Waals surface area contributed by atoms with Gasteiger partial charge in [-0.15, -0.1) is 0 Å². The SMILES string of the molecule is COc1ccc(C(=O)Nc2ccc(F)c(C(N)=S)c2)cc1. The normalized spacial score (nSPS) is 10.0. The van der Waals surface area contributed by atoms with Gasteiger partial charge in [0.1, 0.15) is 16.6 Å². The van der Waals surface area contributed by atoms with Crippen LogP contribution in [0.5, 0.6) is 5.75 Å². The summed E-state index contributed by atoms with van der Waals surface area (Å²) in [5, 5.41) is 2.66. The van der Waals surface area contributed by atoms with Gasteiger partial charge in [-0.2, -0.15) is 0 Å². The summed E-state index contributed by atoms with van der Waals surface area (Å²) in [5.74, 6) is -0.188. The molecule has 1 amide bonds. The van der Waals surface area contributed by atoms with Crippen LogP contribution in [-0.4, -0.2) is 18.0 Å². The molecule has 0 aliphatic carbocycles. The molecule has 0 radical (unpaired) electrons. The number of carbonyl (C=O) groups is 1. The van der Waals surface area contributed by atoms with Gasteiger partial charge in [-0.3, -0.25) is 4.79 Å². The van der Waals surface area contributed by atoms with Crippen molar-refractivity contribution in [3.05, 3.63) is 59.4 Å². The van der Waals surface area contributed by atoms with Gasteiger partial charge in [0.25, 0.3) is 5.91 Å². The molecule has 0 aliphatic heterocycles. The van der Waals surface area contributed by atoms with Crippen LogP contribution >= 0.6 is 12.2 Å². The van der Waals surface area contributed by atoms with Gasteiger partial charge in [-0.05, 0) is 42.5 Å². The van der Waals surface area contributed by atoms with Crippen LogP contribution in [0.4, 0.5) is 10.1 Å². The Hall–Kier alpha value is -2.47. The van der Waals surface area contributed by atoms with Crippen molar-refractivity contribution in [3.8, 4) is 5.75 Å². The Kier molecular flexibility index (Phi) is 4.49. The monoisotopic (exact) mass is 304 g/mol. The van der Waals surface area contributed by atoms with E-state index < -0.39 is 5.82 Å². The van der Waals surface area contributed by atoms with Crippen molar-refractivity contribution in [1.82, 2.24) is 0 Å². The highest BCUT2D eigenvalue weighted by Gasteiger charge is 2.10. The number of ether oxygens (including phenoxy) is 1. The molecule has 0 fully saturated rings. The molecule has 0 saturated carbocycles. The van der Waals surface area contributed by atoms with Crippen LogP contribution in [0.2, 0.25) is 0 Å². The Labute approximate surface area is 126 Å². The molecule has 0 unspecified atom stereocenters. The van der Waals surface area contributed by atoms with Crippen LogP contribution in [-0.2, 0) is 0 Å². The van der Waals surface area contributed by atoms with Crippen LogP contribution in [0.25, 0.3) is 0 Å². The van der Waals surface area contributed by atoms with Crippen molar-refractivity contribution in [2.75, 3.05) is 12.4 Å². The summed E-state index contributed by atoms with van der Waals surface area (Å²) in [5.41, 5.74) is 6.39. The highest BCUT2D eigenvalue weighted by Crippen LogP contribution is 2.17. The number of thiocarbonyl (C=S) groups is 1. The summed E-state index contributed by atoms with van der Waals surface area (Å²) in [4.78, 5) is 12.0. The van der Waals surface area contributed by atoms with E-state index in [0.29, 0.717) is 17.0 Å². The van der Waals surface area contributed by atoms with Gasteiger partial charge in [0, 0.05) is 16.8 Å². The molecule has 6 heteroatoms. The maximum absolute atomic E-state index is 13.5. The molecule has 0 heterocycles. The van der Waals surface area contributed by atoms with E-state index >= 15 is 0 Å². The smallest absolute Gasteiger partial charge is 0.255 e. The van der Waals surface area contributed by atoms with E-state index in [2.05, 4.69) is 5.32 Å². The number of hydrogen-bond donors (Lipinski definition) is 2. The molecule has 2 aromatic carbocycles. The predicted molar refractivity (Wildman–Crippen MR) is 83.2 cm³/mol. The molecule has 2 rings (SSSR count). The average molecular weight is 304 g/mol. The summed E-state index contributed by atoms with van der Waals surface area (Å²) in [6.07, 6.45) is 0. The lowest BCUT2D eigenvalue weighted by Crippen LogP contribution is -2.15. The largest absolute Gasteiger partial charge is 0.497 e. The molecule has 2 aromatic rings. The van der Waals surface area contributed by atoms with Gasteiger partial charge in [-0.1, -0.05) is 12.2 Å². The van der Waals surface area contributed by atoms with Gasteiger partial charge >= 0.3 is 0 Å². The van der Waals surface area contributed by atoms with E-state index in [1.54, 1.807) is 31.4 Å². The predicted octanol–water partition coefficient (Wildman–Crippen LogP) is 2.72. The number of methoxy groups -OCH3 is 1. The van der Waals surface area contributed by atoms with Crippen LogP contribution in [0.15, 0.2) is 42.5 Å². The topological polar surface area (TPSA) is 64.3 Å². The van der Waals surface area contributed by atoms with Crippen molar-refractivity contribution in [1.29, 1.82) is 0 Å². The van der Waals surface area contributed by atoms with E-state index in [1.807, 2.05) is 0 Å². The lowest BCUT2D eigenvalue weighted by Gasteiger charge is -2.08. The number of anilines is 1. The lowest BCUT2D eigenvalue weighted by molar-refractivity contribution is 0.102. The number of benzene rings is 2. The lowest BCUT2D eigenvalue weighted by atomic mass is 10.1. The molecule has 21 heavy (non-hydrogen) atoms. The second-order valence-electron chi connectivity index (χ2n) is 4.24. The molecule has 0 aromatic heterocycles. The van der Waals surface area contributed by atoms with Gasteiger partial charge < -0.3 is 15.8 Å². The molecule has 108 valence electrons. The first-order valence-electron chi connectivity index (χ1n) is 6.06. The second kappa shape index (κ2) is 6.32. The van der Waals surface area contributed by atoms with Crippen molar-refractivity contribution in [2.24, 2.45) is 5.73 Å². The summed E-state index contributed by atoms with van der Waals surface area (Å²) in [7, 11) is 1.55. The first kappa shape index (κ1) is 14.9. The van der Waals surface area contributed by atoms with E-state index in [9.17, 15) is 9.18 Å². The standard InChI is InChI=1S/C15H13FN2O2S/c1-20-11-5-2-9(3-6-11)15(19)18-10-4-7-13(16)12(8-10)14(17)21/h2-8H,1H3,(H2,17,21)(H,18,19). The average Bonchev–Trinajstić information content (AvgIpc) is 2.49. The minimum absolute atomic E-state index is 0.0620. The molecule has 0 spiro atoms. The first-order valence-corrected chi connectivity index (χ1v) is 6.47. The molecule has 0 atom stereocenters. The van der Waals surface area contributed by atoms with E-state index in [-0.39, 0.29) is 16.5 Å². The summed E-state index contributed by atoms with van der Waals surface area (Å²) < 4.78 is 18.5. The van der Waals surface area contributed by atoms with Gasteiger partial charge in [0.05, 0.1) is 7.11 Å². The van der Waals surface area contributed by atoms with Gasteiger partial charge in [-0.25, -0.2) is 4.39 Å². The highest BCUT2D eigenvalue weighted by atomic mass is 32.1. The van der Waals surface area contributed by atoms with Crippen LogP contribution in [0, 0.1) is 5.82 Å². The minimum Gasteiger partial charge on any atom is -0.497 e. The second-order valence-corrected chi connectivity index (χ2v) is 4.68. The number of nitrogens with one attached hydrogen (secondary N) is 1. The number of halogens is 1. The van der Waals surface area contributed by atoms with E-state index in [1.165, 1.54) is 18.2 Å². The Morgan fingerprint density at radius 2 is 1.90 bits per heavy atom. The Morgan fingerprint density at radius 3 is 2.48 bits per heavy atom. The maximum Gasteiger partial charge on any atom is 0.255 e. The number of amides is 1. The zero-order chi connectivity index (χ0) is 15.4. The van der Waals surface area contributed by atoms with E-state index in [4.69, 9.17) is 22.7 Å². The quantitative estimate of drug-likeness (QED) is 0.853. The number of carbonyl (C=O) groups excluding carboxylic acids is 1. The first-order chi connectivity index (χ1) is 10.0. The van der Waals surface area contributed by atoms with Crippen molar-refractivity contribution < 1.29 is 13.9 Å². The Morgan fingerprint density at radius 1 is 1.24 bits per heavy atom. The van der Waals surface area contributed by atoms with Crippen molar-refractivity contribution >= 4 is 28.8 Å². The minimum atomic E-state index is -0.523. The van der Waals surface area contributed by atoms with E-state index in [0.717, 1.165) is 0 Å². The molecule has 0 bridgehead atoms. The zero-order valence-electron chi connectivity index (χ0n) is 11.2. The van der Waals surface area contributed by atoms with Crippen LogP contribution in [0.3, 0.4) is 0 Å². The maximum atomic E-state index is 13.5. The van der Waals surface area contributed by atoms with Gasteiger partial charge in [0.15, 0.2) is 0 Å². The number of hydrogen-bond acceptors (Lipinski definition) is 3. The third-order valence-corrected chi connectivity index (χ3v) is 3.06. The molecule has 0 saturated heterocycles. The molecule has 0 aliphatic rings. The summed E-state index contributed by atoms with van der Waals surface area (Å²) in [6, 6.07) is 10.7. The highest BCUT2D eigenvalue weighted by molar-refractivity contribution is 7.80. The number of rotatable bonds is 4. The molecular formula is C15H13FN2O2S. The fourth-order valence-electron chi connectivity index (χ4n) is 1.74. The Bertz CT molecular complexity index is 687. The third kappa shape index (κ3) is 3.55. The summed E-state index contributed by atoms with van der Waals surface area (Å²) in [6.45, 7) is 0. The fraction of sp³-hybridized carbons (Fsp3) is 0.0667. The zero-order valence-corrected chi connectivity index (χ0v) is 12.0. The third-order valence-electron chi connectivity index (χ3n) is 2.84. The molecule has 3 N–H and O–H groups in total. The van der Waals surface area contributed by atoms with Gasteiger partial charge in [0.2, 0.25) is 0 Å². The Balaban J connectivity index is 2.19. The summed E-state index contributed by atoms with van der Waals surface area (Å²) >= 11 is 4.76. The molecule has 4 nitrogen and oxygen atoms in total. The van der Waals surface area contributed by atoms with Crippen LogP contribution in [0.1, 0.15) is 15.9 Å². The van der Waals surface area contributed by atoms with Crippen molar-refractivity contribution in [2.45, 2.75) is 0 Å². The number of nitrogens with two attached hydrogens (primary N) is 1. The fourth-order valence-corrected chi connectivity index (χ4v) is 1.89. The van der Waals surface area contributed by atoms with Crippen molar-refractivity contribution in [3.63, 3.8) is 0 Å².